The van der Waals surface area contributed by atoms with Crippen LogP contribution >= 0.6 is 0 Å². The summed E-state index contributed by atoms with van der Waals surface area (Å²) in [6, 6.07) is 4.11. The van der Waals surface area contributed by atoms with Gasteiger partial charge in [0, 0.05) is 12.0 Å². The molecule has 1 aromatic heterocycles. The fourth-order valence-electron chi connectivity index (χ4n) is 1.52. The van der Waals surface area contributed by atoms with E-state index in [2.05, 4.69) is 12.2 Å². The van der Waals surface area contributed by atoms with Gasteiger partial charge in [0.25, 0.3) is 0 Å². The van der Waals surface area contributed by atoms with Crippen molar-refractivity contribution in [2.45, 2.75) is 45.7 Å². The van der Waals surface area contributed by atoms with Gasteiger partial charge in [-0.25, -0.2) is 0 Å². The maximum Gasteiger partial charge on any atom is 0.120 e. The van der Waals surface area contributed by atoms with Gasteiger partial charge >= 0.3 is 0 Å². The van der Waals surface area contributed by atoms with Crippen molar-refractivity contribution in [3.8, 4) is 0 Å². The van der Waals surface area contributed by atoms with E-state index >= 15 is 0 Å². The van der Waals surface area contributed by atoms with Crippen LogP contribution in [0.15, 0.2) is 16.5 Å². The molecule has 0 radical (unpaired) electrons. The lowest BCUT2D eigenvalue weighted by Crippen LogP contribution is -2.43. The van der Waals surface area contributed by atoms with Crippen molar-refractivity contribution >= 4 is 0 Å². The molecule has 0 aliphatic carbocycles. The van der Waals surface area contributed by atoms with Crippen LogP contribution in [0.4, 0.5) is 0 Å². The van der Waals surface area contributed by atoms with Gasteiger partial charge in [-0.05, 0) is 32.9 Å². The molecule has 3 heteroatoms. The molecule has 0 spiro atoms. The van der Waals surface area contributed by atoms with E-state index in [1.165, 1.54) is 0 Å². The van der Waals surface area contributed by atoms with E-state index in [1.807, 2.05) is 32.9 Å². The molecule has 0 fully saturated rings. The second-order valence-electron chi connectivity index (χ2n) is 4.57. The molecule has 1 rings (SSSR count). The van der Waals surface area contributed by atoms with Gasteiger partial charge in [0.1, 0.15) is 11.5 Å². The molecular weight excluding hydrogens is 190 g/mol. The van der Waals surface area contributed by atoms with Gasteiger partial charge in [-0.15, -0.1) is 0 Å². The fraction of sp³-hybridized carbons (Fsp3) is 0.667. The van der Waals surface area contributed by atoms with E-state index in [1.54, 1.807) is 0 Å². The third kappa shape index (κ3) is 3.36. The summed E-state index contributed by atoms with van der Waals surface area (Å²) in [7, 11) is 0. The third-order valence-electron chi connectivity index (χ3n) is 2.46. The van der Waals surface area contributed by atoms with Crippen LogP contribution in [0.2, 0.25) is 0 Å². The number of nitrogens with one attached hydrogen (secondary N) is 1. The predicted molar refractivity (Wildman–Crippen MR) is 60.8 cm³/mol. The van der Waals surface area contributed by atoms with Crippen molar-refractivity contribution < 1.29 is 9.52 Å². The average molecular weight is 211 g/mol. The Labute approximate surface area is 91.5 Å². The van der Waals surface area contributed by atoms with E-state index in [0.717, 1.165) is 17.9 Å². The van der Waals surface area contributed by atoms with Gasteiger partial charge in [0.05, 0.1) is 12.6 Å². The minimum atomic E-state index is -0.279. The van der Waals surface area contributed by atoms with Crippen molar-refractivity contribution in [3.63, 3.8) is 0 Å². The Morgan fingerprint density at radius 1 is 1.47 bits per heavy atom. The predicted octanol–water partition coefficient (Wildman–Crippen LogP) is 2.26. The molecular formula is C12H21NO2. The van der Waals surface area contributed by atoms with Crippen LogP contribution in [-0.2, 0) is 6.42 Å². The largest absolute Gasteiger partial charge is 0.464 e. The molecule has 3 nitrogen and oxygen atoms in total. The maximum absolute atomic E-state index is 9.15. The first-order valence-corrected chi connectivity index (χ1v) is 5.45. The standard InChI is InChI=1S/C12H21NO2/c1-5-10-6-7-11(15-10)9(2)13-12(3,4)8-14/h6-7,9,13-14H,5,8H2,1-4H3. The van der Waals surface area contributed by atoms with Crippen molar-refractivity contribution in [3.05, 3.63) is 23.7 Å². The lowest BCUT2D eigenvalue weighted by Gasteiger charge is -2.27. The summed E-state index contributed by atoms with van der Waals surface area (Å²) in [5.41, 5.74) is -0.279. The molecule has 0 aromatic carbocycles. The van der Waals surface area contributed by atoms with Crippen LogP contribution in [0, 0.1) is 0 Å². The van der Waals surface area contributed by atoms with Gasteiger partial charge in [-0.1, -0.05) is 6.92 Å². The number of aliphatic hydroxyl groups is 1. The molecule has 0 bridgehead atoms. The minimum absolute atomic E-state index is 0.110. The smallest absolute Gasteiger partial charge is 0.120 e. The van der Waals surface area contributed by atoms with Crippen molar-refractivity contribution in [2.24, 2.45) is 0 Å². The Hall–Kier alpha value is -0.800. The molecule has 0 aliphatic rings. The van der Waals surface area contributed by atoms with Crippen LogP contribution in [0.5, 0.6) is 0 Å². The van der Waals surface area contributed by atoms with Crippen LogP contribution in [-0.4, -0.2) is 17.3 Å². The molecule has 1 atom stereocenters. The average Bonchev–Trinajstić information content (AvgIpc) is 2.65. The molecule has 0 saturated carbocycles. The Morgan fingerprint density at radius 2 is 2.13 bits per heavy atom. The minimum Gasteiger partial charge on any atom is -0.464 e. The highest BCUT2D eigenvalue weighted by atomic mass is 16.3. The first-order chi connectivity index (χ1) is 6.98. The summed E-state index contributed by atoms with van der Waals surface area (Å²) >= 11 is 0. The van der Waals surface area contributed by atoms with Crippen LogP contribution in [0.25, 0.3) is 0 Å². The number of hydrogen-bond acceptors (Lipinski definition) is 3. The van der Waals surface area contributed by atoms with Gasteiger partial charge < -0.3 is 14.8 Å². The fourth-order valence-corrected chi connectivity index (χ4v) is 1.52. The number of aryl methyl sites for hydroxylation is 1. The second kappa shape index (κ2) is 4.81. The molecule has 1 heterocycles. The van der Waals surface area contributed by atoms with E-state index in [0.29, 0.717) is 0 Å². The summed E-state index contributed by atoms with van der Waals surface area (Å²) in [4.78, 5) is 0. The maximum atomic E-state index is 9.15. The Bertz CT molecular complexity index is 304. The Kier molecular flexibility index (Phi) is 3.94. The molecule has 86 valence electrons. The van der Waals surface area contributed by atoms with Crippen molar-refractivity contribution in [2.75, 3.05) is 6.61 Å². The number of rotatable bonds is 5. The summed E-state index contributed by atoms with van der Waals surface area (Å²) in [5.74, 6) is 1.92. The lowest BCUT2D eigenvalue weighted by molar-refractivity contribution is 0.173. The van der Waals surface area contributed by atoms with Crippen LogP contribution in [0.3, 0.4) is 0 Å². The molecule has 2 N–H and O–H groups in total. The second-order valence-corrected chi connectivity index (χ2v) is 4.57. The number of furan rings is 1. The zero-order chi connectivity index (χ0) is 11.5. The molecule has 0 aliphatic heterocycles. The topological polar surface area (TPSA) is 45.4 Å². The zero-order valence-corrected chi connectivity index (χ0v) is 10.0. The molecule has 0 saturated heterocycles. The summed E-state index contributed by atoms with van der Waals surface area (Å²) in [6.07, 6.45) is 0.913. The third-order valence-corrected chi connectivity index (χ3v) is 2.46. The van der Waals surface area contributed by atoms with Gasteiger partial charge in [-0.2, -0.15) is 0 Å². The molecule has 0 amide bonds. The first kappa shape index (κ1) is 12.3. The SMILES string of the molecule is CCc1ccc(C(C)NC(C)(C)CO)o1. The van der Waals surface area contributed by atoms with Crippen LogP contribution < -0.4 is 5.32 Å². The summed E-state index contributed by atoms with van der Waals surface area (Å²) in [6.45, 7) is 8.15. The lowest BCUT2D eigenvalue weighted by atomic mass is 10.1. The first-order valence-electron chi connectivity index (χ1n) is 5.45. The zero-order valence-electron chi connectivity index (χ0n) is 10.0. The van der Waals surface area contributed by atoms with Gasteiger partial charge in [0.2, 0.25) is 0 Å². The van der Waals surface area contributed by atoms with Crippen molar-refractivity contribution in [1.29, 1.82) is 0 Å². The highest BCUT2D eigenvalue weighted by Crippen LogP contribution is 2.19. The molecule has 1 aromatic rings. The van der Waals surface area contributed by atoms with E-state index < -0.39 is 0 Å². The van der Waals surface area contributed by atoms with Gasteiger partial charge in [-0.3, -0.25) is 0 Å². The quantitative estimate of drug-likeness (QED) is 0.785. The van der Waals surface area contributed by atoms with E-state index in [4.69, 9.17) is 9.52 Å². The highest BCUT2D eigenvalue weighted by molar-refractivity contribution is 5.10. The van der Waals surface area contributed by atoms with Gasteiger partial charge in [0.15, 0.2) is 0 Å². The number of aliphatic hydroxyl groups excluding tert-OH is 1. The van der Waals surface area contributed by atoms with Crippen molar-refractivity contribution in [1.82, 2.24) is 5.32 Å². The number of hydrogen-bond donors (Lipinski definition) is 2. The summed E-state index contributed by atoms with van der Waals surface area (Å²) in [5, 5.41) is 12.5. The van der Waals surface area contributed by atoms with Crippen LogP contribution in [0.1, 0.15) is 45.3 Å². The highest BCUT2D eigenvalue weighted by Gasteiger charge is 2.21. The van der Waals surface area contributed by atoms with E-state index in [-0.39, 0.29) is 18.2 Å². The normalized spacial score (nSPS) is 14.2. The Morgan fingerprint density at radius 3 is 2.60 bits per heavy atom. The monoisotopic (exact) mass is 211 g/mol. The summed E-state index contributed by atoms with van der Waals surface area (Å²) < 4.78 is 5.64. The van der Waals surface area contributed by atoms with E-state index in [9.17, 15) is 0 Å². The Balaban J connectivity index is 2.64. The molecule has 15 heavy (non-hydrogen) atoms. The molecule has 1 unspecified atom stereocenters.